The first-order valence-corrected chi connectivity index (χ1v) is 10.0. The molecule has 7 atom stereocenters. The van der Waals surface area contributed by atoms with Crippen molar-refractivity contribution in [2.24, 2.45) is 10.8 Å². The Hall–Kier alpha value is -1.93. The lowest BCUT2D eigenvalue weighted by Gasteiger charge is -2.57. The van der Waals surface area contributed by atoms with E-state index < -0.39 is 46.7 Å². The molecule has 0 radical (unpaired) electrons. The quantitative estimate of drug-likeness (QED) is 0.300. The predicted octanol–water partition coefficient (Wildman–Crippen LogP) is 1.70. The highest BCUT2D eigenvalue weighted by Crippen LogP contribution is 2.72. The third-order valence-electron chi connectivity index (χ3n) is 7.36. The van der Waals surface area contributed by atoms with Crippen LogP contribution >= 0.6 is 0 Å². The minimum Gasteiger partial charge on any atom is -0.465 e. The number of epoxide rings is 1. The van der Waals surface area contributed by atoms with E-state index in [1.807, 2.05) is 13.8 Å². The van der Waals surface area contributed by atoms with Crippen molar-refractivity contribution in [1.82, 2.24) is 0 Å². The average Bonchev–Trinajstić information content (AvgIpc) is 3.40. The molecule has 0 aromatic carbocycles. The van der Waals surface area contributed by atoms with Gasteiger partial charge in [-0.25, -0.2) is 0 Å². The van der Waals surface area contributed by atoms with E-state index in [-0.39, 0.29) is 18.7 Å². The highest BCUT2D eigenvalue weighted by atomic mass is 16.7. The lowest BCUT2D eigenvalue weighted by molar-refractivity contribution is -0.233. The van der Waals surface area contributed by atoms with Crippen LogP contribution in [0, 0.1) is 10.8 Å². The molecule has 2 aliphatic heterocycles. The zero-order valence-corrected chi connectivity index (χ0v) is 17.5. The largest absolute Gasteiger partial charge is 0.465 e. The van der Waals surface area contributed by atoms with Gasteiger partial charge in [0.2, 0.25) is 0 Å². The molecule has 0 amide bonds. The summed E-state index contributed by atoms with van der Waals surface area (Å²) in [6.45, 7) is 8.57. The Morgan fingerprint density at radius 1 is 1.14 bits per heavy atom. The van der Waals surface area contributed by atoms with Crippen LogP contribution in [0.25, 0.3) is 0 Å². The number of esters is 3. The standard InChI is InChI=1S/C21H28O8/c1-11-6-7-20(9-25-12(2)22)15(8-11)29-18-16(27-13(3)23)17(28-14(4)24)19(20,5)21(18)10-26-21/h8,15-18H,6-7,9-10H2,1-5H3/t15?,16-,17?,18-,19-,20?,21+/m0/s1. The Labute approximate surface area is 169 Å². The van der Waals surface area contributed by atoms with Gasteiger partial charge in [0.25, 0.3) is 0 Å². The van der Waals surface area contributed by atoms with E-state index in [0.29, 0.717) is 13.0 Å². The maximum absolute atomic E-state index is 12.0. The van der Waals surface area contributed by atoms with Crippen LogP contribution in [0.3, 0.4) is 0 Å². The molecule has 2 bridgehead atoms. The number of allylic oxidation sites excluding steroid dienone is 1. The normalized spacial score (nSPS) is 44.5. The smallest absolute Gasteiger partial charge is 0.303 e. The van der Waals surface area contributed by atoms with Crippen molar-refractivity contribution in [3.63, 3.8) is 0 Å². The molecule has 0 aromatic rings. The molecule has 2 saturated heterocycles. The lowest BCUT2D eigenvalue weighted by Crippen LogP contribution is -2.66. The van der Waals surface area contributed by atoms with Crippen LogP contribution in [0.4, 0.5) is 0 Å². The molecule has 3 unspecified atom stereocenters. The van der Waals surface area contributed by atoms with Gasteiger partial charge in [-0.05, 0) is 19.8 Å². The molecule has 0 N–H and O–H groups in total. The molecular formula is C21H28O8. The number of hydrogen-bond donors (Lipinski definition) is 0. The first-order chi connectivity index (χ1) is 13.6. The van der Waals surface area contributed by atoms with Crippen LogP contribution in [-0.2, 0) is 38.1 Å². The minimum absolute atomic E-state index is 0.107. The highest BCUT2D eigenvalue weighted by molar-refractivity contribution is 5.68. The van der Waals surface area contributed by atoms with Crippen LogP contribution in [0.2, 0.25) is 0 Å². The van der Waals surface area contributed by atoms with Gasteiger partial charge in [-0.1, -0.05) is 18.6 Å². The summed E-state index contributed by atoms with van der Waals surface area (Å²) < 4.78 is 29.4. The van der Waals surface area contributed by atoms with Crippen LogP contribution < -0.4 is 0 Å². The Morgan fingerprint density at radius 3 is 2.34 bits per heavy atom. The van der Waals surface area contributed by atoms with Gasteiger partial charge in [-0.2, -0.15) is 0 Å². The Kier molecular flexibility index (Phi) is 4.59. The first kappa shape index (κ1) is 20.3. The molecule has 8 nitrogen and oxygen atoms in total. The fourth-order valence-corrected chi connectivity index (χ4v) is 5.88. The molecule has 2 heterocycles. The Balaban J connectivity index is 1.87. The molecule has 0 aromatic heterocycles. The maximum atomic E-state index is 12.0. The third-order valence-corrected chi connectivity index (χ3v) is 7.36. The summed E-state index contributed by atoms with van der Waals surface area (Å²) in [6, 6.07) is 0. The van der Waals surface area contributed by atoms with Crippen molar-refractivity contribution in [2.45, 2.75) is 77.5 Å². The van der Waals surface area contributed by atoms with Gasteiger partial charge in [0, 0.05) is 26.2 Å². The molecular weight excluding hydrogens is 380 g/mol. The van der Waals surface area contributed by atoms with Gasteiger partial charge in [0.1, 0.15) is 18.3 Å². The van der Waals surface area contributed by atoms with E-state index in [1.54, 1.807) is 0 Å². The fraction of sp³-hybridized carbons (Fsp3) is 0.762. The summed E-state index contributed by atoms with van der Waals surface area (Å²) in [5.74, 6) is -1.34. The molecule has 160 valence electrons. The third kappa shape index (κ3) is 2.68. The van der Waals surface area contributed by atoms with Crippen LogP contribution in [0.1, 0.15) is 47.5 Å². The molecule has 8 heteroatoms. The van der Waals surface area contributed by atoms with E-state index in [1.165, 1.54) is 26.3 Å². The maximum Gasteiger partial charge on any atom is 0.303 e. The molecule has 4 aliphatic rings. The SMILES string of the molecule is CC(=O)OCC12CCC(C)=CC1O[C@H]1[C@@H](OC(C)=O)C(OC(C)=O)[C@]2(C)[C@@]12CO2. The number of rotatable bonds is 4. The van der Waals surface area contributed by atoms with Crippen molar-refractivity contribution in [3.05, 3.63) is 11.6 Å². The predicted molar refractivity (Wildman–Crippen MR) is 98.6 cm³/mol. The van der Waals surface area contributed by atoms with Crippen LogP contribution in [0.5, 0.6) is 0 Å². The molecule has 1 spiro atoms. The van der Waals surface area contributed by atoms with Crippen molar-refractivity contribution < 1.29 is 38.1 Å². The van der Waals surface area contributed by atoms with E-state index in [9.17, 15) is 14.4 Å². The van der Waals surface area contributed by atoms with Gasteiger partial charge in [-0.3, -0.25) is 14.4 Å². The van der Waals surface area contributed by atoms with Crippen molar-refractivity contribution in [1.29, 1.82) is 0 Å². The number of carbonyl (C=O) groups is 3. The van der Waals surface area contributed by atoms with E-state index in [4.69, 9.17) is 23.7 Å². The fourth-order valence-electron chi connectivity index (χ4n) is 5.88. The summed E-state index contributed by atoms with van der Waals surface area (Å²) in [4.78, 5) is 35.6. The monoisotopic (exact) mass is 408 g/mol. The first-order valence-electron chi connectivity index (χ1n) is 10.0. The highest BCUT2D eigenvalue weighted by Gasteiger charge is 2.86. The van der Waals surface area contributed by atoms with Gasteiger partial charge in [-0.15, -0.1) is 0 Å². The summed E-state index contributed by atoms with van der Waals surface area (Å²) in [5.41, 5.74) is -1.04. The minimum atomic E-state index is -0.794. The second kappa shape index (κ2) is 6.54. The summed E-state index contributed by atoms with van der Waals surface area (Å²) in [5, 5.41) is 0. The summed E-state index contributed by atoms with van der Waals surface area (Å²) in [7, 11) is 0. The summed E-state index contributed by atoms with van der Waals surface area (Å²) in [6.07, 6.45) is 1.00. The number of hydrogen-bond acceptors (Lipinski definition) is 8. The Bertz CT molecular complexity index is 784. The number of ether oxygens (including phenoxy) is 5. The van der Waals surface area contributed by atoms with Crippen molar-refractivity contribution >= 4 is 17.9 Å². The van der Waals surface area contributed by atoms with Crippen molar-refractivity contribution in [3.8, 4) is 0 Å². The summed E-state index contributed by atoms with van der Waals surface area (Å²) >= 11 is 0. The Morgan fingerprint density at radius 2 is 1.79 bits per heavy atom. The van der Waals surface area contributed by atoms with Crippen molar-refractivity contribution in [2.75, 3.05) is 13.2 Å². The van der Waals surface area contributed by atoms with E-state index >= 15 is 0 Å². The average molecular weight is 408 g/mol. The number of fused-ring (bicyclic) bond motifs is 2. The van der Waals surface area contributed by atoms with E-state index in [0.717, 1.165) is 6.42 Å². The van der Waals surface area contributed by atoms with Crippen LogP contribution in [-0.4, -0.2) is 61.1 Å². The zero-order chi connectivity index (χ0) is 21.2. The molecule has 3 fully saturated rings. The number of carbonyl (C=O) groups excluding carboxylic acids is 3. The van der Waals surface area contributed by atoms with Gasteiger partial charge in [0.15, 0.2) is 12.2 Å². The molecule has 29 heavy (non-hydrogen) atoms. The van der Waals surface area contributed by atoms with Gasteiger partial charge < -0.3 is 23.7 Å². The van der Waals surface area contributed by atoms with Crippen LogP contribution in [0.15, 0.2) is 11.6 Å². The topological polar surface area (TPSA) is 101 Å². The second-order valence-electron chi connectivity index (χ2n) is 8.91. The molecule has 4 rings (SSSR count). The van der Waals surface area contributed by atoms with Gasteiger partial charge >= 0.3 is 17.9 Å². The zero-order valence-electron chi connectivity index (χ0n) is 17.5. The van der Waals surface area contributed by atoms with Gasteiger partial charge in [0.05, 0.1) is 18.1 Å². The molecule has 2 aliphatic carbocycles. The molecule has 1 saturated carbocycles. The second-order valence-corrected chi connectivity index (χ2v) is 8.91. The lowest BCUT2D eigenvalue weighted by atomic mass is 9.51. The van der Waals surface area contributed by atoms with E-state index in [2.05, 4.69) is 6.08 Å².